The van der Waals surface area contributed by atoms with Gasteiger partial charge in [-0.3, -0.25) is 0 Å². The second-order valence-corrected chi connectivity index (χ2v) is 5.67. The van der Waals surface area contributed by atoms with E-state index in [9.17, 15) is 9.59 Å². The molecule has 6 nitrogen and oxygen atoms in total. The molecule has 0 atom stereocenters. The molecule has 1 heterocycles. The highest BCUT2D eigenvalue weighted by Gasteiger charge is 2.12. The van der Waals surface area contributed by atoms with E-state index in [-0.39, 0.29) is 17.9 Å². The summed E-state index contributed by atoms with van der Waals surface area (Å²) >= 11 is 5.83. The van der Waals surface area contributed by atoms with Crippen LogP contribution in [0.4, 0.5) is 5.69 Å². The number of nitrogens with two attached hydrogens (primary N) is 1. The summed E-state index contributed by atoms with van der Waals surface area (Å²) in [6, 6.07) is 10.8. The fourth-order valence-electron chi connectivity index (χ4n) is 2.35. The lowest BCUT2D eigenvalue weighted by Gasteiger charge is -2.09. The molecule has 0 aliphatic heterocycles. The van der Waals surface area contributed by atoms with Gasteiger partial charge in [0.2, 0.25) is 0 Å². The molecule has 0 aliphatic rings. The summed E-state index contributed by atoms with van der Waals surface area (Å²) in [5.74, 6) is -0.0142. The molecule has 2 N–H and O–H groups in total. The molecule has 3 rings (SSSR count). The highest BCUT2D eigenvalue weighted by molar-refractivity contribution is 6.33. The maximum Gasteiger partial charge on any atom is 0.338 e. The number of anilines is 1. The second kappa shape index (κ2) is 6.86. The van der Waals surface area contributed by atoms with E-state index in [4.69, 9.17) is 31.2 Å². The monoisotopic (exact) mass is 359 g/mol. The lowest BCUT2D eigenvalue weighted by molar-refractivity contribution is 0.0474. The summed E-state index contributed by atoms with van der Waals surface area (Å²) < 4.78 is 15.5. The zero-order chi connectivity index (χ0) is 18.0. The quantitative estimate of drug-likeness (QED) is 0.436. The third-order valence-electron chi connectivity index (χ3n) is 3.63. The number of esters is 1. The van der Waals surface area contributed by atoms with Gasteiger partial charge in [-0.15, -0.1) is 0 Å². The Morgan fingerprint density at radius 3 is 2.72 bits per heavy atom. The molecule has 0 saturated carbocycles. The number of fused-ring (bicyclic) bond motifs is 1. The molecular weight excluding hydrogens is 346 g/mol. The Morgan fingerprint density at radius 1 is 1.20 bits per heavy atom. The van der Waals surface area contributed by atoms with Gasteiger partial charge in [0.1, 0.15) is 17.9 Å². The molecule has 1 aromatic heterocycles. The van der Waals surface area contributed by atoms with Gasteiger partial charge in [-0.2, -0.15) is 0 Å². The van der Waals surface area contributed by atoms with Crippen LogP contribution in [0.2, 0.25) is 5.02 Å². The van der Waals surface area contributed by atoms with E-state index in [0.29, 0.717) is 27.3 Å². The van der Waals surface area contributed by atoms with Gasteiger partial charge in [0, 0.05) is 23.1 Å². The lowest BCUT2D eigenvalue weighted by Crippen LogP contribution is -2.08. The van der Waals surface area contributed by atoms with Crippen molar-refractivity contribution < 1.29 is 18.7 Å². The van der Waals surface area contributed by atoms with E-state index in [1.165, 1.54) is 31.4 Å². The molecule has 0 bridgehead atoms. The zero-order valence-electron chi connectivity index (χ0n) is 13.2. The van der Waals surface area contributed by atoms with Crippen molar-refractivity contribution in [1.29, 1.82) is 0 Å². The predicted molar refractivity (Wildman–Crippen MR) is 94.0 cm³/mol. The fraction of sp³-hybridized carbons (Fsp3) is 0.111. The number of carbonyl (C=O) groups is 1. The summed E-state index contributed by atoms with van der Waals surface area (Å²) in [6.07, 6.45) is 0. The minimum atomic E-state index is -0.571. The van der Waals surface area contributed by atoms with E-state index in [1.54, 1.807) is 18.2 Å². The van der Waals surface area contributed by atoms with E-state index < -0.39 is 11.6 Å². The number of nitrogen functional groups attached to an aromatic ring is 1. The summed E-state index contributed by atoms with van der Waals surface area (Å²) in [7, 11) is 1.52. The first-order chi connectivity index (χ1) is 12.0. The van der Waals surface area contributed by atoms with Gasteiger partial charge < -0.3 is 19.6 Å². The number of carbonyl (C=O) groups excluding carboxylic acids is 1. The molecule has 0 saturated heterocycles. The molecule has 128 valence electrons. The number of halogens is 1. The Hall–Kier alpha value is -2.99. The SMILES string of the molecule is COc1ccc2c(COC(=O)c3ccc(Cl)c(N)c3)cc(=O)oc2c1. The average molecular weight is 360 g/mol. The van der Waals surface area contributed by atoms with Crippen LogP contribution in [0.5, 0.6) is 5.75 Å². The summed E-state index contributed by atoms with van der Waals surface area (Å²) in [6.45, 7) is -0.0875. The van der Waals surface area contributed by atoms with Gasteiger partial charge >= 0.3 is 11.6 Å². The minimum Gasteiger partial charge on any atom is -0.497 e. The van der Waals surface area contributed by atoms with Crippen LogP contribution in [0.3, 0.4) is 0 Å². The highest BCUT2D eigenvalue weighted by atomic mass is 35.5. The van der Waals surface area contributed by atoms with Crippen molar-refractivity contribution in [2.45, 2.75) is 6.61 Å². The molecule has 2 aromatic carbocycles. The molecule has 25 heavy (non-hydrogen) atoms. The predicted octanol–water partition coefficient (Wildman–Crippen LogP) is 3.39. The Balaban J connectivity index is 1.86. The van der Waals surface area contributed by atoms with Crippen molar-refractivity contribution in [3.8, 4) is 5.75 Å². The minimum absolute atomic E-state index is 0.0875. The van der Waals surface area contributed by atoms with Crippen molar-refractivity contribution in [1.82, 2.24) is 0 Å². The number of ether oxygens (including phenoxy) is 2. The molecule has 0 amide bonds. The van der Waals surface area contributed by atoms with E-state index in [1.807, 2.05) is 0 Å². The molecule has 0 aliphatic carbocycles. The van der Waals surface area contributed by atoms with Crippen molar-refractivity contribution in [3.05, 3.63) is 69.0 Å². The molecule has 0 radical (unpaired) electrons. The fourth-order valence-corrected chi connectivity index (χ4v) is 2.47. The number of methoxy groups -OCH3 is 1. The summed E-state index contributed by atoms with van der Waals surface area (Å²) in [5.41, 5.74) is 6.59. The smallest absolute Gasteiger partial charge is 0.338 e. The van der Waals surface area contributed by atoms with Gasteiger partial charge in [0.15, 0.2) is 0 Å². The normalized spacial score (nSPS) is 10.6. The van der Waals surface area contributed by atoms with E-state index in [2.05, 4.69) is 0 Å². The first-order valence-corrected chi connectivity index (χ1v) is 7.68. The van der Waals surface area contributed by atoms with Crippen molar-refractivity contribution in [3.63, 3.8) is 0 Å². The summed E-state index contributed by atoms with van der Waals surface area (Å²) in [4.78, 5) is 23.9. The molecule has 0 spiro atoms. The Kier molecular flexibility index (Phi) is 4.63. The molecule has 0 fully saturated rings. The largest absolute Gasteiger partial charge is 0.497 e. The van der Waals surface area contributed by atoms with Gasteiger partial charge in [-0.25, -0.2) is 9.59 Å². The van der Waals surface area contributed by atoms with E-state index in [0.717, 1.165) is 0 Å². The molecule has 3 aromatic rings. The maximum absolute atomic E-state index is 12.2. The van der Waals surface area contributed by atoms with Crippen LogP contribution in [0.1, 0.15) is 15.9 Å². The molecule has 7 heteroatoms. The zero-order valence-corrected chi connectivity index (χ0v) is 14.0. The lowest BCUT2D eigenvalue weighted by atomic mass is 10.1. The maximum atomic E-state index is 12.2. The third-order valence-corrected chi connectivity index (χ3v) is 3.97. The Labute approximate surface area is 147 Å². The Morgan fingerprint density at radius 2 is 2.00 bits per heavy atom. The van der Waals surface area contributed by atoms with Crippen molar-refractivity contribution >= 4 is 34.2 Å². The van der Waals surface area contributed by atoms with Crippen LogP contribution < -0.4 is 16.1 Å². The van der Waals surface area contributed by atoms with Gasteiger partial charge in [0.05, 0.1) is 23.4 Å². The van der Waals surface area contributed by atoms with Crippen molar-refractivity contribution in [2.24, 2.45) is 0 Å². The number of hydrogen-bond acceptors (Lipinski definition) is 6. The van der Waals surface area contributed by atoms with Gasteiger partial charge in [-0.05, 0) is 30.3 Å². The molecule has 0 unspecified atom stereocenters. The van der Waals surface area contributed by atoms with E-state index >= 15 is 0 Å². The standard InChI is InChI=1S/C18H14ClNO5/c1-23-12-3-4-13-11(7-17(21)25-16(13)8-12)9-24-18(22)10-2-5-14(19)15(20)6-10/h2-8H,9,20H2,1H3. The first kappa shape index (κ1) is 16.9. The number of rotatable bonds is 4. The summed E-state index contributed by atoms with van der Waals surface area (Å²) in [5, 5.41) is 1.01. The van der Waals surface area contributed by atoms with Gasteiger partial charge in [0.25, 0.3) is 0 Å². The van der Waals surface area contributed by atoms with Gasteiger partial charge in [-0.1, -0.05) is 11.6 Å². The third kappa shape index (κ3) is 3.59. The van der Waals surface area contributed by atoms with Crippen LogP contribution in [-0.2, 0) is 11.3 Å². The van der Waals surface area contributed by atoms with Crippen LogP contribution in [0, 0.1) is 0 Å². The highest BCUT2D eigenvalue weighted by Crippen LogP contribution is 2.24. The average Bonchev–Trinajstić information content (AvgIpc) is 2.60. The van der Waals surface area contributed by atoms with Crippen LogP contribution >= 0.6 is 11.6 Å². The van der Waals surface area contributed by atoms with Crippen LogP contribution in [0.25, 0.3) is 11.0 Å². The molecular formula is C18H14ClNO5. The Bertz CT molecular complexity index is 1010. The topological polar surface area (TPSA) is 91.8 Å². The van der Waals surface area contributed by atoms with Crippen LogP contribution in [-0.4, -0.2) is 13.1 Å². The second-order valence-electron chi connectivity index (χ2n) is 5.27. The van der Waals surface area contributed by atoms with Crippen molar-refractivity contribution in [2.75, 3.05) is 12.8 Å². The number of benzene rings is 2. The first-order valence-electron chi connectivity index (χ1n) is 7.31. The number of hydrogen-bond donors (Lipinski definition) is 1. The van der Waals surface area contributed by atoms with Crippen LogP contribution in [0.15, 0.2) is 51.7 Å².